The van der Waals surface area contributed by atoms with Gasteiger partial charge in [-0.3, -0.25) is 4.79 Å². The topological polar surface area (TPSA) is 55.4 Å². The predicted octanol–water partition coefficient (Wildman–Crippen LogP) is 3.72. The van der Waals surface area contributed by atoms with Crippen molar-refractivity contribution in [2.45, 2.75) is 71.4 Å². The maximum Gasteiger partial charge on any atom is 0.349 e. The lowest BCUT2D eigenvalue weighted by Crippen LogP contribution is -2.47. The van der Waals surface area contributed by atoms with Crippen LogP contribution in [0.15, 0.2) is 6.07 Å². The highest BCUT2D eigenvalue weighted by Gasteiger charge is 2.30. The summed E-state index contributed by atoms with van der Waals surface area (Å²) in [6, 6.07) is 2.12. The molecule has 0 saturated heterocycles. The van der Waals surface area contributed by atoms with Gasteiger partial charge in [-0.2, -0.15) is 0 Å². The predicted molar refractivity (Wildman–Crippen MR) is 95.3 cm³/mol. The van der Waals surface area contributed by atoms with E-state index in [2.05, 4.69) is 19.2 Å². The molecule has 132 valence electrons. The molecule has 4 atom stereocenters. The van der Waals surface area contributed by atoms with E-state index in [9.17, 15) is 9.59 Å². The summed E-state index contributed by atoms with van der Waals surface area (Å²) < 4.78 is 5.40. The molecule has 1 fully saturated rings. The highest BCUT2D eigenvalue weighted by molar-refractivity contribution is 7.14. The van der Waals surface area contributed by atoms with Crippen LogP contribution >= 0.6 is 11.3 Å². The van der Waals surface area contributed by atoms with Crippen molar-refractivity contribution in [2.75, 3.05) is 0 Å². The first-order valence-electron chi connectivity index (χ1n) is 9.08. The Morgan fingerprint density at radius 2 is 2.04 bits per heavy atom. The molecule has 0 bridgehead atoms. The van der Waals surface area contributed by atoms with Crippen LogP contribution in [-0.2, 0) is 22.4 Å². The Labute approximate surface area is 148 Å². The first kappa shape index (κ1) is 17.5. The summed E-state index contributed by atoms with van der Waals surface area (Å²) >= 11 is 1.51. The minimum atomic E-state index is -0.751. The largest absolute Gasteiger partial charge is 0.448 e. The maximum atomic E-state index is 12.4. The van der Waals surface area contributed by atoms with E-state index in [0.717, 1.165) is 25.7 Å². The van der Waals surface area contributed by atoms with Gasteiger partial charge in [-0.1, -0.05) is 26.7 Å². The van der Waals surface area contributed by atoms with Crippen LogP contribution in [-0.4, -0.2) is 24.0 Å². The van der Waals surface area contributed by atoms with Gasteiger partial charge < -0.3 is 10.1 Å². The molecule has 24 heavy (non-hydrogen) atoms. The molecule has 0 spiro atoms. The molecule has 2 aliphatic rings. The molecule has 5 heteroatoms. The van der Waals surface area contributed by atoms with E-state index >= 15 is 0 Å². The summed E-state index contributed by atoms with van der Waals surface area (Å²) in [6.45, 7) is 6.09. The summed E-state index contributed by atoms with van der Waals surface area (Å²) in [6.07, 6.45) is 5.91. The molecule has 0 unspecified atom stereocenters. The van der Waals surface area contributed by atoms with Crippen LogP contribution in [0, 0.1) is 11.8 Å². The molecule has 1 heterocycles. The van der Waals surface area contributed by atoms with E-state index < -0.39 is 6.10 Å². The van der Waals surface area contributed by atoms with E-state index in [0.29, 0.717) is 16.7 Å². The molecule has 4 nitrogen and oxygen atoms in total. The highest BCUT2D eigenvalue weighted by Crippen LogP contribution is 2.31. The lowest BCUT2D eigenvalue weighted by atomic mass is 9.78. The lowest BCUT2D eigenvalue weighted by Gasteiger charge is -2.35. The number of carbonyl (C=O) groups is 2. The van der Waals surface area contributed by atoms with Crippen molar-refractivity contribution in [3.05, 3.63) is 21.4 Å². The van der Waals surface area contributed by atoms with Gasteiger partial charge in [0.2, 0.25) is 0 Å². The van der Waals surface area contributed by atoms with E-state index in [1.807, 2.05) is 6.07 Å². The molecule has 1 amide bonds. The van der Waals surface area contributed by atoms with Crippen molar-refractivity contribution in [1.29, 1.82) is 0 Å². The Balaban J connectivity index is 1.54. The Kier molecular flexibility index (Phi) is 5.28. The standard InChI is InChI=1S/C19H27NO3S/c1-11-6-4-8-15(12(11)2)20-18(21)13(3)23-19(22)17-10-14-7-5-9-16(14)24-17/h10-13,15H,4-9H2,1-3H3,(H,20,21)/t11-,12+,13+,15-/m0/s1. The van der Waals surface area contributed by atoms with Crippen LogP contribution in [0.1, 0.15) is 66.6 Å². The molecular formula is C19H27NO3S. The summed E-state index contributed by atoms with van der Waals surface area (Å²) in [7, 11) is 0. The minimum absolute atomic E-state index is 0.182. The number of ether oxygens (including phenoxy) is 1. The van der Waals surface area contributed by atoms with Gasteiger partial charge in [0.1, 0.15) is 4.88 Å². The SMILES string of the molecule is C[C@H]1[C@@H](NC(=O)[C@@H](C)OC(=O)c2cc3c(s2)CCC3)CCC[C@@H]1C. The third kappa shape index (κ3) is 3.66. The summed E-state index contributed by atoms with van der Waals surface area (Å²) in [5, 5.41) is 3.08. The smallest absolute Gasteiger partial charge is 0.349 e. The van der Waals surface area contributed by atoms with Crippen LogP contribution in [0.2, 0.25) is 0 Å². The average Bonchev–Trinajstić information content (AvgIpc) is 3.13. The number of thiophene rings is 1. The first-order chi connectivity index (χ1) is 11.5. The van der Waals surface area contributed by atoms with E-state index in [4.69, 9.17) is 4.74 Å². The number of fused-ring (bicyclic) bond motifs is 1. The van der Waals surface area contributed by atoms with Crippen LogP contribution < -0.4 is 5.32 Å². The van der Waals surface area contributed by atoms with Gasteiger partial charge in [0.05, 0.1) is 0 Å². The second-order valence-corrected chi connectivity index (χ2v) is 8.48. The minimum Gasteiger partial charge on any atom is -0.448 e. The van der Waals surface area contributed by atoms with Gasteiger partial charge in [0.15, 0.2) is 6.10 Å². The van der Waals surface area contributed by atoms with Gasteiger partial charge in [0.25, 0.3) is 5.91 Å². The van der Waals surface area contributed by atoms with Crippen molar-refractivity contribution in [3.63, 3.8) is 0 Å². The fourth-order valence-electron chi connectivity index (χ4n) is 3.79. The highest BCUT2D eigenvalue weighted by atomic mass is 32.1. The third-order valence-electron chi connectivity index (χ3n) is 5.64. The summed E-state index contributed by atoms with van der Waals surface area (Å²) in [5.74, 6) is 0.529. The number of aryl methyl sites for hydroxylation is 2. The van der Waals surface area contributed by atoms with Crippen LogP contribution in [0.25, 0.3) is 0 Å². The molecule has 0 aliphatic heterocycles. The Hall–Kier alpha value is -1.36. The van der Waals surface area contributed by atoms with Crippen LogP contribution in [0.3, 0.4) is 0 Å². The van der Waals surface area contributed by atoms with Gasteiger partial charge in [-0.25, -0.2) is 4.79 Å². The molecule has 1 aromatic heterocycles. The Morgan fingerprint density at radius 3 is 2.79 bits per heavy atom. The normalized spacial score (nSPS) is 27.4. The van der Waals surface area contributed by atoms with Gasteiger partial charge in [-0.05, 0) is 56.1 Å². The molecule has 1 aromatic rings. The molecular weight excluding hydrogens is 322 g/mol. The number of hydrogen-bond acceptors (Lipinski definition) is 4. The van der Waals surface area contributed by atoms with E-state index in [1.54, 1.807) is 6.92 Å². The van der Waals surface area contributed by atoms with Crippen molar-refractivity contribution < 1.29 is 14.3 Å². The number of esters is 1. The average molecular weight is 349 g/mol. The van der Waals surface area contributed by atoms with E-state index in [-0.39, 0.29) is 17.9 Å². The molecule has 1 N–H and O–H groups in total. The Morgan fingerprint density at radius 1 is 1.25 bits per heavy atom. The zero-order valence-corrected chi connectivity index (χ0v) is 15.6. The third-order valence-corrected chi connectivity index (χ3v) is 6.85. The second-order valence-electron chi connectivity index (χ2n) is 7.34. The quantitative estimate of drug-likeness (QED) is 0.843. The fraction of sp³-hybridized carbons (Fsp3) is 0.684. The summed E-state index contributed by atoms with van der Waals surface area (Å²) in [5.41, 5.74) is 1.27. The number of carbonyl (C=O) groups excluding carboxylic acids is 2. The number of hydrogen-bond donors (Lipinski definition) is 1. The maximum absolute atomic E-state index is 12.4. The number of nitrogens with one attached hydrogen (secondary N) is 1. The van der Waals surface area contributed by atoms with Gasteiger partial charge >= 0.3 is 5.97 Å². The van der Waals surface area contributed by atoms with Crippen LogP contribution in [0.5, 0.6) is 0 Å². The monoisotopic (exact) mass is 349 g/mol. The Bertz CT molecular complexity index is 603. The lowest BCUT2D eigenvalue weighted by molar-refractivity contribution is -0.130. The van der Waals surface area contributed by atoms with Crippen molar-refractivity contribution in [2.24, 2.45) is 11.8 Å². The van der Waals surface area contributed by atoms with Gasteiger partial charge in [-0.15, -0.1) is 11.3 Å². The molecule has 0 radical (unpaired) electrons. The first-order valence-corrected chi connectivity index (χ1v) is 9.90. The second kappa shape index (κ2) is 7.26. The van der Waals surface area contributed by atoms with Crippen molar-refractivity contribution in [1.82, 2.24) is 5.32 Å². The molecule has 1 saturated carbocycles. The van der Waals surface area contributed by atoms with E-state index in [1.165, 1.54) is 34.6 Å². The molecule has 3 rings (SSSR count). The zero-order chi connectivity index (χ0) is 17.3. The zero-order valence-electron chi connectivity index (χ0n) is 14.8. The van der Waals surface area contributed by atoms with Crippen LogP contribution in [0.4, 0.5) is 0 Å². The molecule has 0 aromatic carbocycles. The number of rotatable bonds is 4. The molecule has 2 aliphatic carbocycles. The number of amides is 1. The summed E-state index contributed by atoms with van der Waals surface area (Å²) in [4.78, 5) is 26.6. The fourth-order valence-corrected chi connectivity index (χ4v) is 4.92. The van der Waals surface area contributed by atoms with Crippen molar-refractivity contribution >= 4 is 23.2 Å². The van der Waals surface area contributed by atoms with Gasteiger partial charge in [0, 0.05) is 10.9 Å². The van der Waals surface area contributed by atoms with Crippen molar-refractivity contribution in [3.8, 4) is 0 Å².